The molecule has 1 aliphatic heterocycles. The first-order valence-corrected chi connectivity index (χ1v) is 8.11. The van der Waals surface area contributed by atoms with Crippen molar-refractivity contribution in [3.8, 4) is 5.75 Å². The molecule has 0 spiro atoms. The molecule has 0 bridgehead atoms. The predicted octanol–water partition coefficient (Wildman–Crippen LogP) is 2.70. The van der Waals surface area contributed by atoms with Gasteiger partial charge >= 0.3 is 0 Å². The Morgan fingerprint density at radius 2 is 1.91 bits per heavy atom. The number of nitrogens with zero attached hydrogens (tertiary/aromatic N) is 2. The summed E-state index contributed by atoms with van der Waals surface area (Å²) in [5.41, 5.74) is 1.12. The summed E-state index contributed by atoms with van der Waals surface area (Å²) in [6.07, 6.45) is 7.28. The largest absolute Gasteiger partial charge is 0.495 e. The van der Waals surface area contributed by atoms with Gasteiger partial charge in [-0.2, -0.15) is 0 Å². The number of ether oxygens (including phenoxy) is 1. The summed E-state index contributed by atoms with van der Waals surface area (Å²) in [5, 5.41) is 0. The minimum absolute atomic E-state index is 0.197. The lowest BCUT2D eigenvalue weighted by atomic mass is 9.93. The third kappa shape index (κ3) is 3.11. The zero-order valence-electron chi connectivity index (χ0n) is 13.2. The maximum Gasteiger partial charge on any atom is 0.226 e. The number of methoxy groups -OCH3 is 1. The molecule has 4 heteroatoms. The number of benzene rings is 1. The first-order valence-electron chi connectivity index (χ1n) is 8.11. The Bertz CT molecular complexity index is 548. The summed E-state index contributed by atoms with van der Waals surface area (Å²) in [5.74, 6) is 1.44. The van der Waals surface area contributed by atoms with Crippen LogP contribution < -0.4 is 9.64 Å². The van der Waals surface area contributed by atoms with E-state index in [1.165, 1.54) is 0 Å². The van der Waals surface area contributed by atoms with Crippen molar-refractivity contribution in [3.05, 3.63) is 36.4 Å². The van der Waals surface area contributed by atoms with E-state index in [1.807, 2.05) is 23.1 Å². The first-order chi connectivity index (χ1) is 10.8. The molecule has 1 amide bonds. The highest BCUT2D eigenvalue weighted by Gasteiger charge is 2.27. The van der Waals surface area contributed by atoms with Gasteiger partial charge in [0, 0.05) is 32.1 Å². The number of piperazine rings is 1. The molecule has 3 rings (SSSR count). The average Bonchev–Trinajstić information content (AvgIpc) is 2.62. The number of carbonyl (C=O) groups excluding carboxylic acids is 1. The number of hydrogen-bond acceptors (Lipinski definition) is 3. The number of amides is 1. The zero-order valence-corrected chi connectivity index (χ0v) is 13.2. The first kappa shape index (κ1) is 14.9. The molecule has 2 aliphatic rings. The number of anilines is 1. The second kappa shape index (κ2) is 6.86. The van der Waals surface area contributed by atoms with E-state index in [9.17, 15) is 4.79 Å². The molecule has 1 aliphatic carbocycles. The summed E-state index contributed by atoms with van der Waals surface area (Å²) in [4.78, 5) is 16.9. The molecule has 1 heterocycles. The monoisotopic (exact) mass is 300 g/mol. The number of rotatable bonds is 3. The lowest BCUT2D eigenvalue weighted by Crippen LogP contribution is -2.50. The maximum absolute atomic E-state index is 12.6. The van der Waals surface area contributed by atoms with Gasteiger partial charge in [0.05, 0.1) is 12.8 Å². The molecule has 0 N–H and O–H groups in total. The summed E-state index contributed by atoms with van der Waals surface area (Å²) in [7, 11) is 1.70. The van der Waals surface area contributed by atoms with Gasteiger partial charge in [0.2, 0.25) is 5.91 Å². The van der Waals surface area contributed by atoms with E-state index >= 15 is 0 Å². The molecular formula is C18H24N2O2. The second-order valence-electron chi connectivity index (χ2n) is 5.97. The Kier molecular flexibility index (Phi) is 4.66. The van der Waals surface area contributed by atoms with E-state index in [0.717, 1.165) is 56.9 Å². The van der Waals surface area contributed by atoms with E-state index in [0.29, 0.717) is 5.91 Å². The third-order valence-electron chi connectivity index (χ3n) is 4.64. The SMILES string of the molecule is COc1ccccc1N1CCN(C(=O)C2CC=CCC2)CC1. The van der Waals surface area contributed by atoms with Crippen LogP contribution in [-0.2, 0) is 4.79 Å². The van der Waals surface area contributed by atoms with E-state index in [4.69, 9.17) is 4.74 Å². The van der Waals surface area contributed by atoms with Crippen molar-refractivity contribution in [1.82, 2.24) is 4.90 Å². The van der Waals surface area contributed by atoms with Crippen LogP contribution in [0, 0.1) is 5.92 Å². The molecule has 0 radical (unpaired) electrons. The highest BCUT2D eigenvalue weighted by Crippen LogP contribution is 2.29. The summed E-state index contributed by atoms with van der Waals surface area (Å²) in [6, 6.07) is 8.09. The van der Waals surface area contributed by atoms with Crippen LogP contribution in [0.1, 0.15) is 19.3 Å². The summed E-state index contributed by atoms with van der Waals surface area (Å²) < 4.78 is 5.44. The molecule has 1 atom stereocenters. The van der Waals surface area contributed by atoms with Gasteiger partial charge < -0.3 is 14.5 Å². The van der Waals surface area contributed by atoms with Gasteiger partial charge in [-0.05, 0) is 31.4 Å². The van der Waals surface area contributed by atoms with Crippen LogP contribution in [0.15, 0.2) is 36.4 Å². The van der Waals surface area contributed by atoms with Gasteiger partial charge in [0.1, 0.15) is 5.75 Å². The van der Waals surface area contributed by atoms with Crippen LogP contribution in [-0.4, -0.2) is 44.1 Å². The molecule has 0 aromatic heterocycles. The van der Waals surface area contributed by atoms with E-state index in [1.54, 1.807) is 7.11 Å². The van der Waals surface area contributed by atoms with Crippen molar-refractivity contribution in [2.24, 2.45) is 5.92 Å². The summed E-state index contributed by atoms with van der Waals surface area (Å²) >= 11 is 0. The fraction of sp³-hybridized carbons (Fsp3) is 0.500. The molecule has 1 aromatic rings. The van der Waals surface area contributed by atoms with Crippen LogP contribution in [0.3, 0.4) is 0 Å². The Labute approximate surface area is 132 Å². The molecule has 22 heavy (non-hydrogen) atoms. The normalized spacial score (nSPS) is 21.8. The van der Waals surface area contributed by atoms with Crippen LogP contribution in [0.25, 0.3) is 0 Å². The van der Waals surface area contributed by atoms with E-state index in [2.05, 4.69) is 23.1 Å². The Morgan fingerprint density at radius 1 is 1.14 bits per heavy atom. The minimum Gasteiger partial charge on any atom is -0.495 e. The Hall–Kier alpha value is -1.97. The Morgan fingerprint density at radius 3 is 2.59 bits per heavy atom. The van der Waals surface area contributed by atoms with Gasteiger partial charge in [0.15, 0.2) is 0 Å². The lowest BCUT2D eigenvalue weighted by Gasteiger charge is -2.38. The number of hydrogen-bond donors (Lipinski definition) is 0. The minimum atomic E-state index is 0.197. The molecule has 1 unspecified atom stereocenters. The molecule has 118 valence electrons. The predicted molar refractivity (Wildman–Crippen MR) is 88.3 cm³/mol. The second-order valence-corrected chi connectivity index (χ2v) is 5.97. The van der Waals surface area contributed by atoms with E-state index in [-0.39, 0.29) is 5.92 Å². The molecular weight excluding hydrogens is 276 g/mol. The number of carbonyl (C=O) groups is 1. The molecule has 0 saturated carbocycles. The quantitative estimate of drug-likeness (QED) is 0.805. The van der Waals surface area contributed by atoms with Crippen LogP contribution in [0.2, 0.25) is 0 Å². The number of para-hydroxylation sites is 2. The lowest BCUT2D eigenvalue weighted by molar-refractivity contribution is -0.136. The zero-order chi connectivity index (χ0) is 15.4. The smallest absolute Gasteiger partial charge is 0.226 e. The van der Waals surface area contributed by atoms with Crippen molar-refractivity contribution in [1.29, 1.82) is 0 Å². The van der Waals surface area contributed by atoms with Crippen LogP contribution in [0.5, 0.6) is 5.75 Å². The standard InChI is InChI=1S/C18H24N2O2/c1-22-17-10-6-5-9-16(17)19-11-13-20(14-12-19)18(21)15-7-3-2-4-8-15/h2-3,5-6,9-10,15H,4,7-8,11-14H2,1H3. The molecule has 1 saturated heterocycles. The fourth-order valence-corrected chi connectivity index (χ4v) is 3.33. The fourth-order valence-electron chi connectivity index (χ4n) is 3.33. The van der Waals surface area contributed by atoms with Crippen molar-refractivity contribution in [2.45, 2.75) is 19.3 Å². The van der Waals surface area contributed by atoms with Crippen molar-refractivity contribution in [3.63, 3.8) is 0 Å². The summed E-state index contributed by atoms with van der Waals surface area (Å²) in [6.45, 7) is 3.34. The van der Waals surface area contributed by atoms with Gasteiger partial charge in [-0.25, -0.2) is 0 Å². The van der Waals surface area contributed by atoms with Gasteiger partial charge in [-0.15, -0.1) is 0 Å². The third-order valence-corrected chi connectivity index (χ3v) is 4.64. The highest BCUT2D eigenvalue weighted by molar-refractivity contribution is 5.79. The highest BCUT2D eigenvalue weighted by atomic mass is 16.5. The Balaban J connectivity index is 1.60. The van der Waals surface area contributed by atoms with Gasteiger partial charge in [-0.3, -0.25) is 4.79 Å². The number of allylic oxidation sites excluding steroid dienone is 2. The van der Waals surface area contributed by atoms with Crippen LogP contribution >= 0.6 is 0 Å². The van der Waals surface area contributed by atoms with Gasteiger partial charge in [0.25, 0.3) is 0 Å². The van der Waals surface area contributed by atoms with Crippen molar-refractivity contribution >= 4 is 11.6 Å². The van der Waals surface area contributed by atoms with Crippen molar-refractivity contribution < 1.29 is 9.53 Å². The molecule has 1 aromatic carbocycles. The average molecular weight is 300 g/mol. The molecule has 4 nitrogen and oxygen atoms in total. The topological polar surface area (TPSA) is 32.8 Å². The van der Waals surface area contributed by atoms with E-state index < -0.39 is 0 Å². The van der Waals surface area contributed by atoms with Crippen LogP contribution in [0.4, 0.5) is 5.69 Å². The maximum atomic E-state index is 12.6. The molecule has 1 fully saturated rings. The van der Waals surface area contributed by atoms with Gasteiger partial charge in [-0.1, -0.05) is 24.3 Å². The van der Waals surface area contributed by atoms with Crippen molar-refractivity contribution in [2.75, 3.05) is 38.2 Å².